The van der Waals surface area contributed by atoms with Gasteiger partial charge in [-0.15, -0.1) is 0 Å². The number of sulfonamides is 2. The lowest BCUT2D eigenvalue weighted by Gasteiger charge is -2.13. The maximum absolute atomic E-state index is 12.5. The van der Waals surface area contributed by atoms with Gasteiger partial charge in [0.05, 0.1) is 23.0 Å². The molecule has 0 radical (unpaired) electrons. The van der Waals surface area contributed by atoms with Crippen LogP contribution in [0.2, 0.25) is 0 Å². The first kappa shape index (κ1) is 21.2. The molecule has 2 rings (SSSR count). The quantitative estimate of drug-likeness (QED) is 0.642. The second kappa shape index (κ2) is 8.70. The van der Waals surface area contributed by atoms with E-state index in [1.807, 2.05) is 6.92 Å². The Labute approximate surface area is 159 Å². The predicted molar refractivity (Wildman–Crippen MR) is 101 cm³/mol. The SMILES string of the molecule is CCOc1ccc(S(=O)(=O)NCc2ccc(S(N)(=O)=O)cc2)cc1OCC. The van der Waals surface area contributed by atoms with E-state index in [4.69, 9.17) is 14.6 Å². The summed E-state index contributed by atoms with van der Waals surface area (Å²) in [6.45, 7) is 4.40. The molecule has 0 saturated heterocycles. The topological polar surface area (TPSA) is 125 Å². The van der Waals surface area contributed by atoms with Gasteiger partial charge >= 0.3 is 0 Å². The Balaban J connectivity index is 2.17. The van der Waals surface area contributed by atoms with Crippen molar-refractivity contribution in [2.75, 3.05) is 13.2 Å². The lowest BCUT2D eigenvalue weighted by Crippen LogP contribution is -2.23. The first-order valence-corrected chi connectivity index (χ1v) is 11.2. The zero-order valence-corrected chi connectivity index (χ0v) is 16.6. The summed E-state index contributed by atoms with van der Waals surface area (Å²) in [5.74, 6) is 0.816. The van der Waals surface area contributed by atoms with Crippen LogP contribution in [0.5, 0.6) is 11.5 Å². The van der Waals surface area contributed by atoms with E-state index in [0.717, 1.165) is 0 Å². The van der Waals surface area contributed by atoms with Gasteiger partial charge in [0.25, 0.3) is 0 Å². The number of ether oxygens (including phenoxy) is 2. The number of nitrogens with one attached hydrogen (secondary N) is 1. The van der Waals surface area contributed by atoms with Crippen LogP contribution in [-0.4, -0.2) is 30.0 Å². The summed E-state index contributed by atoms with van der Waals surface area (Å²) >= 11 is 0. The van der Waals surface area contributed by atoms with Gasteiger partial charge < -0.3 is 9.47 Å². The highest BCUT2D eigenvalue weighted by molar-refractivity contribution is 7.89. The molecule has 0 heterocycles. The van der Waals surface area contributed by atoms with Crippen molar-refractivity contribution >= 4 is 20.0 Å². The first-order chi connectivity index (χ1) is 12.7. The van der Waals surface area contributed by atoms with E-state index in [1.165, 1.54) is 36.4 Å². The van der Waals surface area contributed by atoms with Gasteiger partial charge in [0.2, 0.25) is 20.0 Å². The normalized spacial score (nSPS) is 12.0. The molecule has 2 aromatic carbocycles. The number of hydrogen-bond acceptors (Lipinski definition) is 6. The Kier molecular flexibility index (Phi) is 6.82. The van der Waals surface area contributed by atoms with E-state index in [-0.39, 0.29) is 16.3 Å². The molecule has 0 aliphatic heterocycles. The van der Waals surface area contributed by atoms with Crippen LogP contribution in [0, 0.1) is 0 Å². The van der Waals surface area contributed by atoms with Crippen molar-refractivity contribution in [1.29, 1.82) is 0 Å². The second-order valence-electron chi connectivity index (χ2n) is 5.49. The second-order valence-corrected chi connectivity index (χ2v) is 8.82. The van der Waals surface area contributed by atoms with Crippen LogP contribution in [0.15, 0.2) is 52.3 Å². The van der Waals surface area contributed by atoms with Gasteiger partial charge in [-0.1, -0.05) is 12.1 Å². The molecule has 0 fully saturated rings. The number of nitrogens with two attached hydrogens (primary N) is 1. The van der Waals surface area contributed by atoms with E-state index in [9.17, 15) is 16.8 Å². The van der Waals surface area contributed by atoms with Crippen molar-refractivity contribution < 1.29 is 26.3 Å². The van der Waals surface area contributed by atoms with Crippen molar-refractivity contribution in [3.63, 3.8) is 0 Å². The molecular weight excluding hydrogens is 392 g/mol. The minimum atomic E-state index is -3.80. The van der Waals surface area contributed by atoms with Crippen LogP contribution in [0.1, 0.15) is 19.4 Å². The minimum absolute atomic E-state index is 0.00951. The molecule has 0 bridgehead atoms. The molecule has 0 aliphatic rings. The van der Waals surface area contributed by atoms with Crippen molar-refractivity contribution in [2.45, 2.75) is 30.2 Å². The minimum Gasteiger partial charge on any atom is -0.490 e. The Morgan fingerprint density at radius 1 is 0.852 bits per heavy atom. The maximum atomic E-state index is 12.5. The Morgan fingerprint density at radius 3 is 1.96 bits per heavy atom. The summed E-state index contributed by atoms with van der Waals surface area (Å²) in [5, 5.41) is 5.04. The van der Waals surface area contributed by atoms with Crippen LogP contribution in [0.4, 0.5) is 0 Å². The fourth-order valence-electron chi connectivity index (χ4n) is 2.26. The van der Waals surface area contributed by atoms with Crippen molar-refractivity contribution in [1.82, 2.24) is 4.72 Å². The number of benzene rings is 2. The molecule has 0 atom stereocenters. The molecule has 0 amide bonds. The van der Waals surface area contributed by atoms with Crippen molar-refractivity contribution in [3.05, 3.63) is 48.0 Å². The molecule has 0 spiro atoms. The Hall–Kier alpha value is -2.14. The van der Waals surface area contributed by atoms with Gasteiger partial charge in [-0.3, -0.25) is 0 Å². The predicted octanol–water partition coefficient (Wildman–Crippen LogP) is 1.61. The molecule has 0 unspecified atom stereocenters. The van der Waals surface area contributed by atoms with Gasteiger partial charge in [0, 0.05) is 12.6 Å². The summed E-state index contributed by atoms with van der Waals surface area (Å²) in [5.41, 5.74) is 0.585. The fraction of sp³-hybridized carbons (Fsp3) is 0.294. The third-order valence-corrected chi connectivity index (χ3v) is 5.87. The summed E-state index contributed by atoms with van der Waals surface area (Å²) < 4.78 is 60.9. The zero-order valence-electron chi connectivity index (χ0n) is 15.0. The van der Waals surface area contributed by atoms with Crippen LogP contribution in [-0.2, 0) is 26.6 Å². The first-order valence-electron chi connectivity index (χ1n) is 8.18. The van der Waals surface area contributed by atoms with Gasteiger partial charge in [-0.2, -0.15) is 0 Å². The lowest BCUT2D eigenvalue weighted by atomic mass is 10.2. The van der Waals surface area contributed by atoms with Crippen LogP contribution in [0.3, 0.4) is 0 Å². The van der Waals surface area contributed by atoms with Crippen LogP contribution in [0.25, 0.3) is 0 Å². The molecular formula is C17H22N2O6S2. The molecule has 148 valence electrons. The number of primary sulfonamides is 1. The molecule has 27 heavy (non-hydrogen) atoms. The number of hydrogen-bond donors (Lipinski definition) is 2. The molecule has 0 saturated carbocycles. The van der Waals surface area contributed by atoms with E-state index < -0.39 is 20.0 Å². The molecule has 3 N–H and O–H groups in total. The summed E-state index contributed by atoms with van der Waals surface area (Å²) in [7, 11) is -7.59. The van der Waals surface area contributed by atoms with Gasteiger partial charge in [-0.25, -0.2) is 26.7 Å². The highest BCUT2D eigenvalue weighted by Gasteiger charge is 2.17. The summed E-state index contributed by atoms with van der Waals surface area (Å²) in [6, 6.07) is 10.0. The van der Waals surface area contributed by atoms with E-state index in [1.54, 1.807) is 13.0 Å². The van der Waals surface area contributed by atoms with Gasteiger partial charge in [-0.05, 0) is 43.7 Å². The van der Waals surface area contributed by atoms with Crippen LogP contribution < -0.4 is 19.3 Å². The maximum Gasteiger partial charge on any atom is 0.241 e. The highest BCUT2D eigenvalue weighted by Crippen LogP contribution is 2.30. The summed E-state index contributed by atoms with van der Waals surface area (Å²) in [6.07, 6.45) is 0. The third-order valence-electron chi connectivity index (χ3n) is 3.54. The highest BCUT2D eigenvalue weighted by atomic mass is 32.2. The Bertz CT molecular complexity index is 987. The lowest BCUT2D eigenvalue weighted by molar-refractivity contribution is 0.287. The Morgan fingerprint density at radius 2 is 1.41 bits per heavy atom. The number of rotatable bonds is 9. The average Bonchev–Trinajstić information content (AvgIpc) is 2.61. The van der Waals surface area contributed by atoms with E-state index in [2.05, 4.69) is 4.72 Å². The molecule has 10 heteroatoms. The smallest absolute Gasteiger partial charge is 0.241 e. The van der Waals surface area contributed by atoms with E-state index >= 15 is 0 Å². The molecule has 0 aromatic heterocycles. The molecule has 8 nitrogen and oxygen atoms in total. The monoisotopic (exact) mass is 414 g/mol. The zero-order chi connectivity index (χ0) is 20.1. The average molecular weight is 415 g/mol. The fourth-order valence-corrected chi connectivity index (χ4v) is 3.81. The van der Waals surface area contributed by atoms with Gasteiger partial charge in [0.15, 0.2) is 11.5 Å². The summed E-state index contributed by atoms with van der Waals surface area (Å²) in [4.78, 5) is -0.00228. The standard InChI is InChI=1S/C17H22N2O6S2/c1-3-24-16-10-9-15(11-17(16)25-4-2)27(22,23)19-12-13-5-7-14(8-6-13)26(18,20)21/h5-11,19H,3-4,12H2,1-2H3,(H2,18,20,21). The van der Waals surface area contributed by atoms with Crippen LogP contribution >= 0.6 is 0 Å². The largest absolute Gasteiger partial charge is 0.490 e. The van der Waals surface area contributed by atoms with Gasteiger partial charge in [0.1, 0.15) is 0 Å². The molecule has 2 aromatic rings. The van der Waals surface area contributed by atoms with E-state index in [0.29, 0.717) is 30.3 Å². The third kappa shape index (κ3) is 5.67. The van der Waals surface area contributed by atoms with Crippen molar-refractivity contribution in [3.8, 4) is 11.5 Å². The molecule has 0 aliphatic carbocycles. The van der Waals surface area contributed by atoms with Crippen molar-refractivity contribution in [2.24, 2.45) is 5.14 Å².